The van der Waals surface area contributed by atoms with Crippen molar-refractivity contribution in [1.29, 1.82) is 0 Å². The number of carbonyl (C=O) groups is 1. The average Bonchev–Trinajstić information content (AvgIpc) is 2.35. The lowest BCUT2D eigenvalue weighted by molar-refractivity contribution is -0.152. The number of benzene rings is 1. The molecule has 104 valence electrons. The number of carboxylic acid groups (broad SMARTS) is 1. The van der Waals surface area contributed by atoms with E-state index in [2.05, 4.69) is 0 Å². The minimum atomic E-state index is -4.32. The van der Waals surface area contributed by atoms with Gasteiger partial charge in [0.25, 0.3) is 0 Å². The Balaban J connectivity index is 2.38. The molecule has 0 heterocycles. The van der Waals surface area contributed by atoms with Crippen molar-refractivity contribution in [3.63, 3.8) is 0 Å². The average molecular weight is 272 g/mol. The van der Waals surface area contributed by atoms with Gasteiger partial charge in [0.15, 0.2) is 0 Å². The molecule has 0 aliphatic heterocycles. The maximum atomic E-state index is 12.4. The van der Waals surface area contributed by atoms with Crippen LogP contribution in [-0.4, -0.2) is 17.3 Å². The van der Waals surface area contributed by atoms with Crippen LogP contribution in [0, 0.1) is 0 Å². The Hall–Kier alpha value is -1.52. The number of rotatable bonds is 3. The van der Waals surface area contributed by atoms with E-state index >= 15 is 0 Å². The number of aryl methyl sites for hydroxylation is 1. The SMILES string of the molecule is O=C(O)C1(CCC(F)(F)F)CCCc2ccccc21. The molecule has 1 unspecified atom stereocenters. The van der Waals surface area contributed by atoms with E-state index in [9.17, 15) is 23.1 Å². The van der Waals surface area contributed by atoms with Crippen molar-refractivity contribution in [2.75, 3.05) is 0 Å². The van der Waals surface area contributed by atoms with E-state index in [1.165, 1.54) is 0 Å². The number of aliphatic carboxylic acids is 1. The Labute approximate surface area is 109 Å². The van der Waals surface area contributed by atoms with Crippen LogP contribution in [0.3, 0.4) is 0 Å². The van der Waals surface area contributed by atoms with Gasteiger partial charge < -0.3 is 5.11 Å². The van der Waals surface area contributed by atoms with Gasteiger partial charge in [-0.25, -0.2) is 0 Å². The molecule has 0 radical (unpaired) electrons. The van der Waals surface area contributed by atoms with Gasteiger partial charge in [-0.1, -0.05) is 24.3 Å². The Bertz CT molecular complexity index is 482. The third-order valence-corrected chi connectivity index (χ3v) is 3.83. The second kappa shape index (κ2) is 4.87. The first-order chi connectivity index (χ1) is 8.85. The summed E-state index contributed by atoms with van der Waals surface area (Å²) in [5, 5.41) is 9.47. The Morgan fingerprint density at radius 2 is 2.00 bits per heavy atom. The Morgan fingerprint density at radius 3 is 2.63 bits per heavy atom. The molecule has 2 rings (SSSR count). The molecule has 1 aliphatic rings. The highest BCUT2D eigenvalue weighted by atomic mass is 19.4. The van der Waals surface area contributed by atoms with Gasteiger partial charge in [-0.05, 0) is 36.8 Å². The second-order valence-electron chi connectivity index (χ2n) is 5.01. The first-order valence-corrected chi connectivity index (χ1v) is 6.24. The fourth-order valence-corrected chi connectivity index (χ4v) is 2.86. The van der Waals surface area contributed by atoms with E-state index in [1.807, 2.05) is 0 Å². The van der Waals surface area contributed by atoms with Crippen molar-refractivity contribution < 1.29 is 23.1 Å². The summed E-state index contributed by atoms with van der Waals surface area (Å²) in [5.41, 5.74) is 0.0287. The van der Waals surface area contributed by atoms with Gasteiger partial charge in [-0.3, -0.25) is 4.79 Å². The zero-order valence-electron chi connectivity index (χ0n) is 10.3. The van der Waals surface area contributed by atoms with Crippen LogP contribution in [0.2, 0.25) is 0 Å². The monoisotopic (exact) mass is 272 g/mol. The largest absolute Gasteiger partial charge is 0.481 e. The summed E-state index contributed by atoms with van der Waals surface area (Å²) in [5.74, 6) is -1.15. The number of alkyl halides is 3. The van der Waals surface area contributed by atoms with Crippen LogP contribution in [-0.2, 0) is 16.6 Å². The summed E-state index contributed by atoms with van der Waals surface area (Å²) in [6.07, 6.45) is -4.15. The molecule has 1 aromatic rings. The third-order valence-electron chi connectivity index (χ3n) is 3.83. The van der Waals surface area contributed by atoms with Gasteiger partial charge in [-0.2, -0.15) is 13.2 Å². The Morgan fingerprint density at radius 1 is 1.32 bits per heavy atom. The second-order valence-corrected chi connectivity index (χ2v) is 5.01. The molecule has 1 aromatic carbocycles. The van der Waals surface area contributed by atoms with Crippen LogP contribution in [0.15, 0.2) is 24.3 Å². The molecular weight excluding hydrogens is 257 g/mol. The van der Waals surface area contributed by atoms with Crippen LogP contribution in [0.25, 0.3) is 0 Å². The van der Waals surface area contributed by atoms with Gasteiger partial charge in [0.2, 0.25) is 0 Å². The number of fused-ring (bicyclic) bond motifs is 1. The number of carboxylic acids is 1. The van der Waals surface area contributed by atoms with E-state index in [0.717, 1.165) is 12.0 Å². The molecule has 0 fully saturated rings. The maximum Gasteiger partial charge on any atom is 0.389 e. The molecule has 0 saturated heterocycles. The minimum Gasteiger partial charge on any atom is -0.481 e. The lowest BCUT2D eigenvalue weighted by atomic mass is 9.67. The van der Waals surface area contributed by atoms with E-state index in [4.69, 9.17) is 0 Å². The molecular formula is C14H15F3O2. The van der Waals surface area contributed by atoms with Crippen LogP contribution in [0.4, 0.5) is 13.2 Å². The van der Waals surface area contributed by atoms with Crippen LogP contribution < -0.4 is 0 Å². The van der Waals surface area contributed by atoms with Crippen molar-refractivity contribution in [3.8, 4) is 0 Å². The molecule has 1 atom stereocenters. The molecule has 2 nitrogen and oxygen atoms in total. The van der Waals surface area contributed by atoms with E-state index in [-0.39, 0.29) is 12.8 Å². The summed E-state index contributed by atoms with van der Waals surface area (Å²) in [6, 6.07) is 6.94. The Kier molecular flexibility index (Phi) is 3.56. The molecule has 1 N–H and O–H groups in total. The summed E-state index contributed by atoms with van der Waals surface area (Å²) < 4.78 is 37.3. The summed E-state index contributed by atoms with van der Waals surface area (Å²) in [4.78, 5) is 11.6. The van der Waals surface area contributed by atoms with Crippen LogP contribution >= 0.6 is 0 Å². The quantitative estimate of drug-likeness (QED) is 0.911. The number of halogens is 3. The first-order valence-electron chi connectivity index (χ1n) is 6.24. The van der Waals surface area contributed by atoms with E-state index in [1.54, 1.807) is 24.3 Å². The fourth-order valence-electron chi connectivity index (χ4n) is 2.86. The van der Waals surface area contributed by atoms with Gasteiger partial charge in [0, 0.05) is 6.42 Å². The minimum absolute atomic E-state index is 0.273. The van der Waals surface area contributed by atoms with Gasteiger partial charge in [0.1, 0.15) is 0 Å². The van der Waals surface area contributed by atoms with Crippen molar-refractivity contribution in [1.82, 2.24) is 0 Å². The van der Waals surface area contributed by atoms with Crippen LogP contribution in [0.1, 0.15) is 36.8 Å². The predicted molar refractivity (Wildman–Crippen MR) is 64.0 cm³/mol. The molecule has 0 aromatic heterocycles. The smallest absolute Gasteiger partial charge is 0.389 e. The highest BCUT2D eigenvalue weighted by molar-refractivity contribution is 5.82. The summed E-state index contributed by atoms with van der Waals surface area (Å²) in [7, 11) is 0. The molecule has 0 spiro atoms. The van der Waals surface area contributed by atoms with Crippen molar-refractivity contribution >= 4 is 5.97 Å². The number of hydrogen-bond acceptors (Lipinski definition) is 1. The molecule has 0 saturated carbocycles. The zero-order chi connectivity index (χ0) is 14.1. The van der Waals surface area contributed by atoms with E-state index in [0.29, 0.717) is 12.0 Å². The normalized spacial score (nSPS) is 22.9. The highest BCUT2D eigenvalue weighted by Crippen LogP contribution is 2.43. The number of hydrogen-bond donors (Lipinski definition) is 1. The standard InChI is InChI=1S/C14H15F3O2/c15-14(16,17)9-8-13(12(18)19)7-3-5-10-4-1-2-6-11(10)13/h1-2,4,6H,3,5,7-9H2,(H,18,19). The predicted octanol–water partition coefficient (Wildman–Crippen LogP) is 3.69. The van der Waals surface area contributed by atoms with E-state index < -0.39 is 24.0 Å². The van der Waals surface area contributed by atoms with Gasteiger partial charge in [-0.15, -0.1) is 0 Å². The summed E-state index contributed by atoms with van der Waals surface area (Å²) in [6.45, 7) is 0. The lowest BCUT2D eigenvalue weighted by Crippen LogP contribution is -2.40. The first kappa shape index (κ1) is 13.9. The lowest BCUT2D eigenvalue weighted by Gasteiger charge is -2.35. The molecule has 0 bridgehead atoms. The molecule has 1 aliphatic carbocycles. The summed E-state index contributed by atoms with van der Waals surface area (Å²) >= 11 is 0. The van der Waals surface area contributed by atoms with Crippen molar-refractivity contribution in [2.24, 2.45) is 0 Å². The third kappa shape index (κ3) is 2.74. The van der Waals surface area contributed by atoms with Gasteiger partial charge in [0.05, 0.1) is 5.41 Å². The topological polar surface area (TPSA) is 37.3 Å². The highest BCUT2D eigenvalue weighted by Gasteiger charge is 2.45. The molecule has 0 amide bonds. The van der Waals surface area contributed by atoms with Crippen molar-refractivity contribution in [3.05, 3.63) is 35.4 Å². The van der Waals surface area contributed by atoms with Crippen molar-refractivity contribution in [2.45, 2.75) is 43.7 Å². The van der Waals surface area contributed by atoms with Crippen LogP contribution in [0.5, 0.6) is 0 Å². The maximum absolute atomic E-state index is 12.4. The fraction of sp³-hybridized carbons (Fsp3) is 0.500. The molecule has 19 heavy (non-hydrogen) atoms. The van der Waals surface area contributed by atoms with Gasteiger partial charge >= 0.3 is 12.1 Å². The zero-order valence-corrected chi connectivity index (χ0v) is 10.3. The molecule has 5 heteroatoms.